The minimum atomic E-state index is -0.320. The lowest BCUT2D eigenvalue weighted by molar-refractivity contribution is 0.636. The molecule has 2 aromatic heterocycles. The summed E-state index contributed by atoms with van der Waals surface area (Å²) in [5, 5.41) is 4.71. The second kappa shape index (κ2) is 3.26. The number of rotatable bonds is 1. The van der Waals surface area contributed by atoms with E-state index in [9.17, 15) is 4.39 Å². The van der Waals surface area contributed by atoms with Crippen molar-refractivity contribution >= 4 is 33.2 Å². The highest BCUT2D eigenvalue weighted by Crippen LogP contribution is 2.19. The summed E-state index contributed by atoms with van der Waals surface area (Å²) in [5.41, 5.74) is 0.379. The molecule has 0 fully saturated rings. The van der Waals surface area contributed by atoms with Gasteiger partial charge in [0.25, 0.3) is 0 Å². The first kappa shape index (κ1) is 8.96. The van der Waals surface area contributed by atoms with Crippen LogP contribution in [0.25, 0.3) is 5.52 Å². The molecule has 0 unspecified atom stereocenters. The van der Waals surface area contributed by atoms with Gasteiger partial charge in [-0.1, -0.05) is 11.8 Å². The summed E-state index contributed by atoms with van der Waals surface area (Å²) in [6, 6.07) is 1.37. The maximum atomic E-state index is 13.1. The van der Waals surface area contributed by atoms with E-state index in [1.165, 1.54) is 28.5 Å². The van der Waals surface area contributed by atoms with Gasteiger partial charge in [-0.05, 0) is 22.2 Å². The first-order chi connectivity index (χ1) is 6.22. The summed E-state index contributed by atoms with van der Waals surface area (Å²) < 4.78 is 15.2. The molecule has 0 saturated carbocycles. The molecule has 0 aromatic carbocycles. The first-order valence-electron chi connectivity index (χ1n) is 3.46. The molecular formula is C7H5BrFN3S. The molecule has 13 heavy (non-hydrogen) atoms. The van der Waals surface area contributed by atoms with Crippen LogP contribution in [0.4, 0.5) is 4.39 Å². The predicted molar refractivity (Wildman–Crippen MR) is 52.4 cm³/mol. The second-order valence-electron chi connectivity index (χ2n) is 2.36. The Morgan fingerprint density at radius 2 is 2.38 bits per heavy atom. The first-order valence-corrected chi connectivity index (χ1v) is 5.48. The van der Waals surface area contributed by atoms with Crippen LogP contribution in [0.3, 0.4) is 0 Å². The molecule has 68 valence electrons. The molecule has 3 nitrogen and oxygen atoms in total. The maximum absolute atomic E-state index is 13.1. The number of hydrogen-bond acceptors (Lipinski definition) is 3. The van der Waals surface area contributed by atoms with E-state index < -0.39 is 0 Å². The minimum absolute atomic E-state index is 0.320. The molecule has 6 heteroatoms. The maximum Gasteiger partial charge on any atom is 0.207 e. The van der Waals surface area contributed by atoms with Crippen LogP contribution in [0.5, 0.6) is 0 Å². The van der Waals surface area contributed by atoms with E-state index in [4.69, 9.17) is 0 Å². The van der Waals surface area contributed by atoms with Crippen LogP contribution in [0.2, 0.25) is 0 Å². The molecule has 0 aliphatic carbocycles. The third-order valence-electron chi connectivity index (χ3n) is 1.59. The van der Waals surface area contributed by atoms with Gasteiger partial charge >= 0.3 is 0 Å². The summed E-state index contributed by atoms with van der Waals surface area (Å²) in [4.78, 5) is 3.97. The Kier molecular flexibility index (Phi) is 2.25. The van der Waals surface area contributed by atoms with Crippen LogP contribution in [-0.2, 0) is 0 Å². The number of thioether (sulfide) groups is 1. The number of nitrogens with zero attached hydrogens (tertiary/aromatic N) is 3. The van der Waals surface area contributed by atoms with E-state index in [0.717, 1.165) is 0 Å². The van der Waals surface area contributed by atoms with Crippen LogP contribution in [0.1, 0.15) is 0 Å². The Balaban J connectivity index is 2.76. The normalized spacial score (nSPS) is 11.0. The van der Waals surface area contributed by atoms with Crippen molar-refractivity contribution in [2.45, 2.75) is 5.16 Å². The number of fused-ring (bicyclic) bond motifs is 1. The zero-order valence-electron chi connectivity index (χ0n) is 6.66. The van der Waals surface area contributed by atoms with E-state index >= 15 is 0 Å². The van der Waals surface area contributed by atoms with Gasteiger partial charge in [-0.15, -0.1) is 5.10 Å². The van der Waals surface area contributed by atoms with Gasteiger partial charge in [0.15, 0.2) is 5.82 Å². The number of hydrogen-bond donors (Lipinski definition) is 0. The highest BCUT2D eigenvalue weighted by atomic mass is 79.9. The fourth-order valence-corrected chi connectivity index (χ4v) is 1.79. The molecule has 0 spiro atoms. The molecule has 2 aromatic rings. The van der Waals surface area contributed by atoms with Gasteiger partial charge in [0.2, 0.25) is 5.16 Å². The fraction of sp³-hybridized carbons (Fsp3) is 0.143. The summed E-state index contributed by atoms with van der Waals surface area (Å²) in [7, 11) is 0. The van der Waals surface area contributed by atoms with Crippen LogP contribution >= 0.6 is 27.7 Å². The van der Waals surface area contributed by atoms with Gasteiger partial charge in [0.05, 0.1) is 6.20 Å². The van der Waals surface area contributed by atoms with Crippen molar-refractivity contribution in [2.24, 2.45) is 0 Å². The zero-order chi connectivity index (χ0) is 9.42. The van der Waals surface area contributed by atoms with Crippen molar-refractivity contribution in [3.8, 4) is 0 Å². The minimum Gasteiger partial charge on any atom is -0.227 e. The Morgan fingerprint density at radius 1 is 1.62 bits per heavy atom. The number of aromatic nitrogens is 3. The van der Waals surface area contributed by atoms with Crippen LogP contribution in [-0.4, -0.2) is 20.9 Å². The lowest BCUT2D eigenvalue weighted by Crippen LogP contribution is -1.95. The van der Waals surface area contributed by atoms with Crippen molar-refractivity contribution in [2.75, 3.05) is 6.26 Å². The molecule has 0 saturated heterocycles. The van der Waals surface area contributed by atoms with Crippen molar-refractivity contribution in [3.63, 3.8) is 0 Å². The molecule has 2 heterocycles. The molecule has 0 aliphatic heterocycles. The zero-order valence-corrected chi connectivity index (χ0v) is 9.06. The predicted octanol–water partition coefficient (Wildman–Crippen LogP) is 2.35. The average Bonchev–Trinajstić information content (AvgIpc) is 2.42. The summed E-state index contributed by atoms with van der Waals surface area (Å²) in [6.07, 6.45) is 3.34. The molecule has 0 aliphatic rings. The van der Waals surface area contributed by atoms with Gasteiger partial charge in [-0.2, -0.15) is 0 Å². The lowest BCUT2D eigenvalue weighted by atomic mass is 10.5. The molecule has 0 amide bonds. The van der Waals surface area contributed by atoms with Crippen molar-refractivity contribution < 1.29 is 4.39 Å². The van der Waals surface area contributed by atoms with E-state index in [1.54, 1.807) is 0 Å². The smallest absolute Gasteiger partial charge is 0.207 e. The largest absolute Gasteiger partial charge is 0.227 e. The molecule has 0 bridgehead atoms. The SMILES string of the molecule is CSc1ncc2c(F)cc(Br)n2n1. The fourth-order valence-electron chi connectivity index (χ4n) is 0.995. The molecule has 0 radical (unpaired) electrons. The summed E-state index contributed by atoms with van der Waals surface area (Å²) >= 11 is 4.62. The Labute approximate surface area is 86.5 Å². The average molecular weight is 262 g/mol. The standard InChI is InChI=1S/C7H5BrFN3S/c1-13-7-10-3-5-4(9)2-6(8)12(5)11-7/h2-3H,1H3. The Morgan fingerprint density at radius 3 is 3.08 bits per heavy atom. The van der Waals surface area contributed by atoms with E-state index in [-0.39, 0.29) is 5.82 Å². The van der Waals surface area contributed by atoms with Gasteiger partial charge < -0.3 is 0 Å². The lowest BCUT2D eigenvalue weighted by Gasteiger charge is -1.97. The monoisotopic (exact) mass is 261 g/mol. The Bertz CT molecular complexity index is 456. The molecule has 0 atom stereocenters. The van der Waals surface area contributed by atoms with Crippen LogP contribution in [0, 0.1) is 5.82 Å². The van der Waals surface area contributed by atoms with Crippen molar-refractivity contribution in [1.82, 2.24) is 14.6 Å². The highest BCUT2D eigenvalue weighted by molar-refractivity contribution is 9.10. The topological polar surface area (TPSA) is 30.2 Å². The van der Waals surface area contributed by atoms with Gasteiger partial charge in [0.1, 0.15) is 10.1 Å². The quantitative estimate of drug-likeness (QED) is 0.739. The highest BCUT2D eigenvalue weighted by Gasteiger charge is 2.08. The summed E-state index contributed by atoms with van der Waals surface area (Å²) in [5.74, 6) is -0.320. The molecule has 2 rings (SSSR count). The number of halogens is 2. The van der Waals surface area contributed by atoms with Gasteiger partial charge in [-0.3, -0.25) is 0 Å². The second-order valence-corrected chi connectivity index (χ2v) is 3.94. The molecule has 0 N–H and O–H groups in total. The van der Waals surface area contributed by atoms with E-state index in [1.807, 2.05) is 6.26 Å². The van der Waals surface area contributed by atoms with Crippen molar-refractivity contribution in [3.05, 3.63) is 22.7 Å². The van der Waals surface area contributed by atoms with Crippen LogP contribution in [0.15, 0.2) is 22.0 Å². The van der Waals surface area contributed by atoms with E-state index in [0.29, 0.717) is 15.3 Å². The van der Waals surface area contributed by atoms with Crippen molar-refractivity contribution in [1.29, 1.82) is 0 Å². The summed E-state index contributed by atoms with van der Waals surface area (Å²) in [6.45, 7) is 0. The Hall–Kier alpha value is -0.620. The van der Waals surface area contributed by atoms with Gasteiger partial charge in [-0.25, -0.2) is 13.9 Å². The van der Waals surface area contributed by atoms with E-state index in [2.05, 4.69) is 26.0 Å². The third-order valence-corrected chi connectivity index (χ3v) is 2.70. The van der Waals surface area contributed by atoms with Gasteiger partial charge in [0, 0.05) is 6.07 Å². The third kappa shape index (κ3) is 1.44. The molecular weight excluding hydrogens is 257 g/mol. The van der Waals surface area contributed by atoms with Crippen LogP contribution < -0.4 is 0 Å².